The molecule has 21 heavy (non-hydrogen) atoms. The summed E-state index contributed by atoms with van der Waals surface area (Å²) in [5.41, 5.74) is 4.56. The number of aryl methyl sites for hydroxylation is 2. The van der Waals surface area contributed by atoms with Crippen LogP contribution in [0.1, 0.15) is 35.7 Å². The van der Waals surface area contributed by atoms with E-state index in [9.17, 15) is 0 Å². The van der Waals surface area contributed by atoms with Crippen molar-refractivity contribution < 1.29 is 4.74 Å². The molecule has 2 rings (SSSR count). The molecule has 1 heterocycles. The van der Waals surface area contributed by atoms with Crippen LogP contribution in [0.3, 0.4) is 0 Å². The van der Waals surface area contributed by atoms with Crippen LogP contribution in [0, 0.1) is 20.8 Å². The van der Waals surface area contributed by atoms with Gasteiger partial charge in [-0.15, -0.1) is 0 Å². The highest BCUT2D eigenvalue weighted by molar-refractivity contribution is 5.44. The zero-order chi connectivity index (χ0) is 15.2. The molecule has 0 radical (unpaired) electrons. The van der Waals surface area contributed by atoms with Gasteiger partial charge in [0.2, 0.25) is 0 Å². The summed E-state index contributed by atoms with van der Waals surface area (Å²) in [5.74, 6) is 1.89. The first kappa shape index (κ1) is 15.4. The standard InChI is InChI=1S/C18H24N2O/c1-5-11-19-17-8-6-7-16(20-17)12-21-18-14(3)10-9-13(2)15(18)4/h6-10H,5,11-12H2,1-4H3,(H,19,20). The van der Waals surface area contributed by atoms with Crippen molar-refractivity contribution in [1.29, 1.82) is 0 Å². The highest BCUT2D eigenvalue weighted by Gasteiger charge is 2.07. The van der Waals surface area contributed by atoms with Gasteiger partial charge in [0.25, 0.3) is 0 Å². The Hall–Kier alpha value is -2.03. The Morgan fingerprint density at radius 2 is 1.81 bits per heavy atom. The molecule has 0 aliphatic carbocycles. The summed E-state index contributed by atoms with van der Waals surface area (Å²) in [6, 6.07) is 10.2. The molecule has 0 amide bonds. The van der Waals surface area contributed by atoms with Crippen LogP contribution in [-0.2, 0) is 6.61 Å². The van der Waals surface area contributed by atoms with Gasteiger partial charge in [0.05, 0.1) is 5.69 Å². The quantitative estimate of drug-likeness (QED) is 0.853. The molecule has 0 atom stereocenters. The number of hydrogen-bond donors (Lipinski definition) is 1. The first-order valence-electron chi connectivity index (χ1n) is 7.51. The van der Waals surface area contributed by atoms with Crippen LogP contribution in [0.2, 0.25) is 0 Å². The smallest absolute Gasteiger partial charge is 0.130 e. The Morgan fingerprint density at radius 1 is 1.05 bits per heavy atom. The van der Waals surface area contributed by atoms with Crippen LogP contribution in [0.4, 0.5) is 5.82 Å². The largest absolute Gasteiger partial charge is 0.487 e. The van der Waals surface area contributed by atoms with Gasteiger partial charge in [-0.3, -0.25) is 0 Å². The summed E-state index contributed by atoms with van der Waals surface area (Å²) in [4.78, 5) is 4.57. The first-order chi connectivity index (χ1) is 10.1. The molecule has 0 saturated carbocycles. The predicted molar refractivity (Wildman–Crippen MR) is 88.0 cm³/mol. The Kier molecular flexibility index (Phi) is 5.20. The molecule has 3 heteroatoms. The lowest BCUT2D eigenvalue weighted by Crippen LogP contribution is -2.06. The fraction of sp³-hybridized carbons (Fsp3) is 0.389. The molecule has 0 bridgehead atoms. The van der Waals surface area contributed by atoms with Crippen LogP contribution in [0.15, 0.2) is 30.3 Å². The number of nitrogens with zero attached hydrogens (tertiary/aromatic N) is 1. The highest BCUT2D eigenvalue weighted by atomic mass is 16.5. The SMILES string of the molecule is CCCNc1cccc(COc2c(C)ccc(C)c2C)n1. The second-order valence-corrected chi connectivity index (χ2v) is 5.38. The van der Waals surface area contributed by atoms with Crippen LogP contribution in [-0.4, -0.2) is 11.5 Å². The van der Waals surface area contributed by atoms with Crippen molar-refractivity contribution in [1.82, 2.24) is 4.98 Å². The molecule has 0 fully saturated rings. The van der Waals surface area contributed by atoms with E-state index in [4.69, 9.17) is 4.74 Å². The summed E-state index contributed by atoms with van der Waals surface area (Å²) in [7, 11) is 0. The van der Waals surface area contributed by atoms with Crippen molar-refractivity contribution >= 4 is 5.82 Å². The predicted octanol–water partition coefficient (Wildman–Crippen LogP) is 4.41. The number of rotatable bonds is 6. The summed E-state index contributed by atoms with van der Waals surface area (Å²) in [6.07, 6.45) is 1.09. The van der Waals surface area contributed by atoms with Gasteiger partial charge in [-0.2, -0.15) is 0 Å². The minimum absolute atomic E-state index is 0.493. The third-order valence-electron chi connectivity index (χ3n) is 3.60. The van der Waals surface area contributed by atoms with E-state index in [-0.39, 0.29) is 0 Å². The number of hydrogen-bond acceptors (Lipinski definition) is 3. The molecule has 0 saturated heterocycles. The second-order valence-electron chi connectivity index (χ2n) is 5.38. The number of pyridine rings is 1. The Morgan fingerprint density at radius 3 is 2.57 bits per heavy atom. The molecule has 3 nitrogen and oxygen atoms in total. The molecular formula is C18H24N2O. The van der Waals surface area contributed by atoms with E-state index in [1.54, 1.807) is 0 Å². The van der Waals surface area contributed by atoms with Crippen LogP contribution in [0.25, 0.3) is 0 Å². The van der Waals surface area contributed by atoms with E-state index in [1.165, 1.54) is 16.7 Å². The molecule has 2 aromatic rings. The van der Waals surface area contributed by atoms with Gasteiger partial charge in [0.1, 0.15) is 18.2 Å². The van der Waals surface area contributed by atoms with Crippen molar-refractivity contribution in [2.75, 3.05) is 11.9 Å². The number of ether oxygens (including phenoxy) is 1. The molecule has 112 valence electrons. The monoisotopic (exact) mass is 284 g/mol. The highest BCUT2D eigenvalue weighted by Crippen LogP contribution is 2.26. The third kappa shape index (κ3) is 3.97. The normalized spacial score (nSPS) is 10.5. The fourth-order valence-corrected chi connectivity index (χ4v) is 2.21. The molecule has 0 aliphatic rings. The average molecular weight is 284 g/mol. The lowest BCUT2D eigenvalue weighted by atomic mass is 10.1. The topological polar surface area (TPSA) is 34.1 Å². The van der Waals surface area contributed by atoms with Gasteiger partial charge in [0, 0.05) is 6.54 Å². The van der Waals surface area contributed by atoms with E-state index < -0.39 is 0 Å². The Balaban J connectivity index is 2.08. The van der Waals surface area contributed by atoms with E-state index >= 15 is 0 Å². The van der Waals surface area contributed by atoms with Gasteiger partial charge >= 0.3 is 0 Å². The zero-order valence-corrected chi connectivity index (χ0v) is 13.4. The van der Waals surface area contributed by atoms with Crippen molar-refractivity contribution in [3.63, 3.8) is 0 Å². The summed E-state index contributed by atoms with van der Waals surface area (Å²) in [6.45, 7) is 9.86. The van der Waals surface area contributed by atoms with Gasteiger partial charge in [-0.1, -0.05) is 25.1 Å². The van der Waals surface area contributed by atoms with Gasteiger partial charge in [-0.25, -0.2) is 4.98 Å². The molecule has 0 unspecified atom stereocenters. The number of aromatic nitrogens is 1. The van der Waals surface area contributed by atoms with Crippen molar-refractivity contribution in [3.8, 4) is 5.75 Å². The van der Waals surface area contributed by atoms with Crippen molar-refractivity contribution in [3.05, 3.63) is 52.7 Å². The van der Waals surface area contributed by atoms with E-state index in [0.717, 1.165) is 30.2 Å². The molecular weight excluding hydrogens is 260 g/mol. The number of anilines is 1. The second kappa shape index (κ2) is 7.11. The molecule has 1 aromatic carbocycles. The maximum atomic E-state index is 6.00. The van der Waals surface area contributed by atoms with Gasteiger partial charge < -0.3 is 10.1 Å². The maximum absolute atomic E-state index is 6.00. The average Bonchev–Trinajstić information content (AvgIpc) is 2.49. The van der Waals surface area contributed by atoms with Crippen LogP contribution in [0.5, 0.6) is 5.75 Å². The number of benzene rings is 1. The lowest BCUT2D eigenvalue weighted by Gasteiger charge is -2.14. The molecule has 1 aromatic heterocycles. The van der Waals surface area contributed by atoms with E-state index in [0.29, 0.717) is 6.61 Å². The zero-order valence-electron chi connectivity index (χ0n) is 13.4. The molecule has 0 aliphatic heterocycles. The van der Waals surface area contributed by atoms with Crippen molar-refractivity contribution in [2.24, 2.45) is 0 Å². The van der Waals surface area contributed by atoms with E-state index in [2.05, 4.69) is 50.1 Å². The first-order valence-corrected chi connectivity index (χ1v) is 7.51. The molecule has 0 spiro atoms. The summed E-state index contributed by atoms with van der Waals surface area (Å²) in [5, 5.41) is 3.30. The molecule has 1 N–H and O–H groups in total. The Labute approximate surface area is 127 Å². The van der Waals surface area contributed by atoms with Gasteiger partial charge in [0.15, 0.2) is 0 Å². The van der Waals surface area contributed by atoms with Crippen LogP contribution < -0.4 is 10.1 Å². The van der Waals surface area contributed by atoms with Gasteiger partial charge in [-0.05, 0) is 56.0 Å². The Bertz CT molecular complexity index is 608. The van der Waals surface area contributed by atoms with E-state index in [1.807, 2.05) is 18.2 Å². The minimum atomic E-state index is 0.493. The maximum Gasteiger partial charge on any atom is 0.130 e. The third-order valence-corrected chi connectivity index (χ3v) is 3.60. The fourth-order valence-electron chi connectivity index (χ4n) is 2.21. The summed E-state index contributed by atoms with van der Waals surface area (Å²) >= 11 is 0. The van der Waals surface area contributed by atoms with Crippen molar-refractivity contribution in [2.45, 2.75) is 40.7 Å². The van der Waals surface area contributed by atoms with Crippen LogP contribution >= 0.6 is 0 Å². The summed E-state index contributed by atoms with van der Waals surface area (Å²) < 4.78 is 6.00. The number of nitrogens with one attached hydrogen (secondary N) is 1. The lowest BCUT2D eigenvalue weighted by molar-refractivity contribution is 0.297. The minimum Gasteiger partial charge on any atom is -0.487 e.